The molecule has 0 saturated heterocycles. The van der Waals surface area contributed by atoms with Crippen LogP contribution in [-0.4, -0.2) is 134 Å². The lowest BCUT2D eigenvalue weighted by Crippen LogP contribution is -2.51. The molecular formula is C55H62N6O14. The third-order valence-electron chi connectivity index (χ3n) is 15.0. The molecule has 0 saturated carbocycles. The largest absolute Gasteiger partial charge is 0.462 e. The molecule has 3 aromatic carbocycles. The number of carbonyl (C=O) groups is 5. The number of ether oxygens (including phenoxy) is 9. The predicted molar refractivity (Wildman–Crippen MR) is 266 cm³/mol. The van der Waals surface area contributed by atoms with Crippen molar-refractivity contribution >= 4 is 41.2 Å². The molecule has 4 aromatic rings. The van der Waals surface area contributed by atoms with Crippen LogP contribution < -0.4 is 14.5 Å². The summed E-state index contributed by atoms with van der Waals surface area (Å²) in [7, 11) is 0. The fraction of sp³-hybridized carbons (Fsp3) is 0.509. The van der Waals surface area contributed by atoms with Crippen molar-refractivity contribution in [2.24, 2.45) is 0 Å². The topological polar surface area (TPSA) is 209 Å². The van der Waals surface area contributed by atoms with Gasteiger partial charge in [-0.2, -0.15) is 0 Å². The number of hydrogen-bond donors (Lipinski definition) is 0. The third kappa shape index (κ3) is 9.29. The molecule has 0 bridgehead atoms. The van der Waals surface area contributed by atoms with Crippen LogP contribution in [0.25, 0.3) is 0 Å². The van der Waals surface area contributed by atoms with Crippen molar-refractivity contribution in [3.63, 3.8) is 0 Å². The number of hydrogen-bond acceptors (Lipinski definition) is 18. The van der Waals surface area contributed by atoms with Crippen molar-refractivity contribution in [2.45, 2.75) is 116 Å². The average molecular weight is 1030 g/mol. The van der Waals surface area contributed by atoms with Gasteiger partial charge in [0.25, 0.3) is 5.91 Å². The first-order valence-corrected chi connectivity index (χ1v) is 26.1. The molecule has 20 heteroatoms. The number of aryl methyl sites for hydroxylation is 2. The van der Waals surface area contributed by atoms with Crippen molar-refractivity contribution in [3.05, 3.63) is 105 Å². The number of benzene rings is 3. The molecule has 1 amide bonds. The van der Waals surface area contributed by atoms with E-state index in [4.69, 9.17) is 42.6 Å². The molecule has 1 spiro atoms. The van der Waals surface area contributed by atoms with E-state index < -0.39 is 54.3 Å². The van der Waals surface area contributed by atoms with Gasteiger partial charge < -0.3 is 57.3 Å². The zero-order valence-electron chi connectivity index (χ0n) is 42.8. The Balaban J connectivity index is 0.781. The molecule has 396 valence electrons. The summed E-state index contributed by atoms with van der Waals surface area (Å²) in [6.45, 7) is 9.20. The minimum absolute atomic E-state index is 0.0459. The van der Waals surface area contributed by atoms with Gasteiger partial charge in [0.15, 0.2) is 12.2 Å². The summed E-state index contributed by atoms with van der Waals surface area (Å²) in [6, 6.07) is 12.8. The van der Waals surface area contributed by atoms with Gasteiger partial charge in [0, 0.05) is 99.5 Å². The van der Waals surface area contributed by atoms with Crippen molar-refractivity contribution in [2.75, 3.05) is 75.6 Å². The summed E-state index contributed by atoms with van der Waals surface area (Å²) in [5, 5.41) is 9.14. The molecule has 0 radical (unpaired) electrons. The molecular weight excluding hydrogens is 969 g/mol. The van der Waals surface area contributed by atoms with Crippen molar-refractivity contribution < 1.29 is 66.6 Å². The predicted octanol–water partition coefficient (Wildman–Crippen LogP) is 5.34. The molecule has 0 aliphatic carbocycles. The number of rotatable bonds is 17. The molecule has 0 N–H and O–H groups in total. The third-order valence-corrected chi connectivity index (χ3v) is 15.0. The average Bonchev–Trinajstić information content (AvgIpc) is 4.01. The number of nitrogens with zero attached hydrogens (tertiary/aromatic N) is 6. The van der Waals surface area contributed by atoms with Crippen LogP contribution in [0.4, 0.5) is 11.4 Å². The van der Waals surface area contributed by atoms with Gasteiger partial charge in [0.05, 0.1) is 38.3 Å². The normalized spacial score (nSPS) is 20.5. The van der Waals surface area contributed by atoms with Crippen LogP contribution in [0, 0.1) is 0 Å². The van der Waals surface area contributed by atoms with Crippen LogP contribution in [0.5, 0.6) is 11.5 Å². The minimum Gasteiger partial charge on any atom is -0.462 e. The molecule has 7 aliphatic heterocycles. The molecule has 3 atom stereocenters. The number of amides is 1. The second kappa shape index (κ2) is 20.8. The molecule has 20 nitrogen and oxygen atoms in total. The maximum absolute atomic E-state index is 15.2. The zero-order valence-corrected chi connectivity index (χ0v) is 42.8. The van der Waals surface area contributed by atoms with Gasteiger partial charge in [0.1, 0.15) is 36.9 Å². The number of esters is 4. The van der Waals surface area contributed by atoms with E-state index in [1.54, 1.807) is 4.68 Å². The quantitative estimate of drug-likeness (QED) is 0.0743. The summed E-state index contributed by atoms with van der Waals surface area (Å²) >= 11 is 0. The van der Waals surface area contributed by atoms with E-state index in [2.05, 4.69) is 44.4 Å². The molecule has 7 aliphatic rings. The first kappa shape index (κ1) is 50.0. The van der Waals surface area contributed by atoms with Crippen LogP contribution in [0.2, 0.25) is 0 Å². The van der Waals surface area contributed by atoms with Gasteiger partial charge in [-0.1, -0.05) is 23.4 Å². The van der Waals surface area contributed by atoms with E-state index in [1.165, 1.54) is 40.6 Å². The summed E-state index contributed by atoms with van der Waals surface area (Å²) in [5.74, 6) is -1.87. The number of carbonyl (C=O) groups excluding carboxylic acids is 5. The van der Waals surface area contributed by atoms with Gasteiger partial charge in [-0.25, -0.2) is 4.68 Å². The van der Waals surface area contributed by atoms with Crippen LogP contribution in [0.15, 0.2) is 54.3 Å². The fourth-order valence-electron chi connectivity index (χ4n) is 12.3. The maximum Gasteiger partial charge on any atom is 0.324 e. The Hall–Kier alpha value is -7.19. The molecule has 1 aromatic heterocycles. The van der Waals surface area contributed by atoms with E-state index in [-0.39, 0.29) is 50.7 Å². The maximum atomic E-state index is 15.2. The lowest BCUT2D eigenvalue weighted by Gasteiger charge is -2.48. The Morgan fingerprint density at radius 1 is 0.720 bits per heavy atom. The second-order valence-electron chi connectivity index (χ2n) is 20.0. The van der Waals surface area contributed by atoms with Crippen LogP contribution in [0.3, 0.4) is 0 Å². The molecule has 0 fully saturated rings. The van der Waals surface area contributed by atoms with Crippen molar-refractivity contribution in [1.29, 1.82) is 0 Å². The van der Waals surface area contributed by atoms with Crippen LogP contribution in [0.1, 0.15) is 108 Å². The Bertz CT molecular complexity index is 2880. The first-order chi connectivity index (χ1) is 36.4. The summed E-state index contributed by atoms with van der Waals surface area (Å²) in [6.07, 6.45) is 6.40. The molecule has 8 heterocycles. The van der Waals surface area contributed by atoms with E-state index >= 15 is 4.79 Å². The minimum atomic E-state index is -1.46. The van der Waals surface area contributed by atoms with Gasteiger partial charge in [-0.15, -0.1) is 5.10 Å². The Morgan fingerprint density at radius 3 is 1.96 bits per heavy atom. The van der Waals surface area contributed by atoms with Crippen molar-refractivity contribution in [1.82, 2.24) is 19.9 Å². The highest BCUT2D eigenvalue weighted by molar-refractivity contribution is 6.02. The van der Waals surface area contributed by atoms with Crippen LogP contribution in [-0.2, 0) is 101 Å². The monoisotopic (exact) mass is 1030 g/mol. The fourth-order valence-corrected chi connectivity index (χ4v) is 12.3. The SMILES string of the molecule is CC(=O)OCC1OC(OCCOCCOCCc2cn(CN3C(=O)c4ccccc4C34c3cc5c6c(c3Oc3c4cc4c7c3CCCN7CCC4)CCCN6CCC5)nn2)=C(OC(C)=O)C(OC(C)=O)[C@H]1OC(C)=O. The highest BCUT2D eigenvalue weighted by Crippen LogP contribution is 2.63. The van der Waals surface area contributed by atoms with E-state index in [9.17, 15) is 19.2 Å². The van der Waals surface area contributed by atoms with Gasteiger partial charge in [-0.05, 0) is 86.3 Å². The Morgan fingerprint density at radius 2 is 1.33 bits per heavy atom. The van der Waals surface area contributed by atoms with E-state index in [1.807, 2.05) is 23.2 Å². The summed E-state index contributed by atoms with van der Waals surface area (Å²) in [4.78, 5) is 70.3. The lowest BCUT2D eigenvalue weighted by atomic mass is 9.70. The zero-order chi connectivity index (χ0) is 52.0. The second-order valence-corrected chi connectivity index (χ2v) is 20.0. The van der Waals surface area contributed by atoms with Crippen molar-refractivity contribution in [3.8, 4) is 11.5 Å². The van der Waals surface area contributed by atoms with E-state index in [0.29, 0.717) is 24.3 Å². The van der Waals surface area contributed by atoms with Gasteiger partial charge in [-0.3, -0.25) is 24.0 Å². The van der Waals surface area contributed by atoms with Crippen LogP contribution >= 0.6 is 0 Å². The lowest BCUT2D eigenvalue weighted by molar-refractivity contribution is -0.200. The standard InChI is InChI=1S/C55H62N6O14/c1-32(62)70-30-45-50(71-33(2)63)51(72-34(3)64)52(73-35(4)65)54(74-45)69-26-25-68-24-23-67-22-17-38-29-60(57-56-38)31-61-53(66)39-13-5-6-16-42(39)55(61)43-27-36-11-7-18-58-20-9-14-40(46(36)58)48(43)75-49-41-15-10-21-59-19-8-12-37(47(41)59)28-44(49)55/h5-6,13,16,27-29,45,50-51H,7-12,14-15,17-26,30-31H2,1-4H3/t45?,50-,51?/m0/s1. The Kier molecular flexibility index (Phi) is 13.9. The summed E-state index contributed by atoms with van der Waals surface area (Å²) < 4.78 is 53.8. The number of anilines is 2. The first-order valence-electron chi connectivity index (χ1n) is 26.1. The Labute approximate surface area is 434 Å². The molecule has 75 heavy (non-hydrogen) atoms. The molecule has 2 unspecified atom stereocenters. The smallest absolute Gasteiger partial charge is 0.324 e. The van der Waals surface area contributed by atoms with Gasteiger partial charge >= 0.3 is 29.8 Å². The number of aromatic nitrogens is 3. The highest BCUT2D eigenvalue weighted by atomic mass is 16.7. The van der Waals surface area contributed by atoms with Gasteiger partial charge in [0.2, 0.25) is 11.9 Å². The summed E-state index contributed by atoms with van der Waals surface area (Å²) in [5.41, 5.74) is 11.2. The molecule has 11 rings (SSSR count). The number of fused-ring (bicyclic) bond motifs is 8. The highest BCUT2D eigenvalue weighted by Gasteiger charge is 2.58. The van der Waals surface area contributed by atoms with E-state index in [0.717, 1.165) is 127 Å².